The number of aromatic nitrogens is 1. The van der Waals surface area contributed by atoms with Crippen LogP contribution in [0.25, 0.3) is 10.9 Å². The predicted octanol–water partition coefficient (Wildman–Crippen LogP) is 2.88. The Labute approximate surface area is 134 Å². The Morgan fingerprint density at radius 3 is 2.77 bits per heavy atom. The fraction of sp³-hybridized carbons (Fsp3) is 0.471. The van der Waals surface area contributed by atoms with Crippen LogP contribution in [-0.2, 0) is 11.2 Å². The van der Waals surface area contributed by atoms with Gasteiger partial charge in [0.25, 0.3) is 0 Å². The molecule has 1 aromatic heterocycles. The molecule has 1 amide bonds. The number of benzene rings is 1. The van der Waals surface area contributed by atoms with Crippen LogP contribution in [0.4, 0.5) is 0 Å². The highest BCUT2D eigenvalue weighted by Gasteiger charge is 2.42. The van der Waals surface area contributed by atoms with Crippen LogP contribution in [0.3, 0.4) is 0 Å². The highest BCUT2D eigenvalue weighted by molar-refractivity contribution is 6.31. The molecule has 3 heterocycles. The molecule has 2 bridgehead atoms. The van der Waals surface area contributed by atoms with E-state index in [0.717, 1.165) is 42.1 Å². The molecule has 4 rings (SSSR count). The molecule has 116 valence electrons. The molecule has 2 aliphatic rings. The number of hydrogen-bond acceptors (Lipinski definition) is 2. The minimum absolute atomic E-state index is 0.167. The molecule has 2 fully saturated rings. The average molecular weight is 319 g/mol. The highest BCUT2D eigenvalue weighted by atomic mass is 35.5. The van der Waals surface area contributed by atoms with Crippen LogP contribution in [0.15, 0.2) is 24.4 Å². The van der Waals surface area contributed by atoms with Crippen LogP contribution >= 0.6 is 11.6 Å². The first kappa shape index (κ1) is 14.1. The molecule has 2 N–H and O–H groups in total. The van der Waals surface area contributed by atoms with Gasteiger partial charge in [0, 0.05) is 34.2 Å². The van der Waals surface area contributed by atoms with Crippen molar-refractivity contribution in [3.8, 4) is 0 Å². The van der Waals surface area contributed by atoms with Gasteiger partial charge in [-0.3, -0.25) is 4.79 Å². The molecule has 22 heavy (non-hydrogen) atoms. The van der Waals surface area contributed by atoms with Crippen LogP contribution in [0.2, 0.25) is 5.02 Å². The van der Waals surface area contributed by atoms with E-state index < -0.39 is 0 Å². The molecule has 0 spiro atoms. The third-order valence-electron chi connectivity index (χ3n) is 5.07. The number of nitrogens with zero attached hydrogens (tertiary/aromatic N) is 1. The minimum Gasteiger partial charge on any atom is -0.393 e. The van der Waals surface area contributed by atoms with E-state index in [2.05, 4.69) is 4.98 Å². The largest absolute Gasteiger partial charge is 0.393 e. The molecule has 2 aromatic rings. The lowest BCUT2D eigenvalue weighted by molar-refractivity contribution is -0.136. The molecule has 0 saturated carbocycles. The van der Waals surface area contributed by atoms with Crippen molar-refractivity contribution in [3.05, 3.63) is 35.0 Å². The fourth-order valence-electron chi connectivity index (χ4n) is 4.11. The van der Waals surface area contributed by atoms with Gasteiger partial charge in [0.15, 0.2) is 0 Å². The van der Waals surface area contributed by atoms with Crippen LogP contribution in [0.5, 0.6) is 0 Å². The van der Waals surface area contributed by atoms with E-state index in [4.69, 9.17) is 11.6 Å². The van der Waals surface area contributed by atoms with Gasteiger partial charge < -0.3 is 15.0 Å². The molecule has 1 aromatic carbocycles. The lowest BCUT2D eigenvalue weighted by Gasteiger charge is -2.37. The molecule has 2 atom stereocenters. The summed E-state index contributed by atoms with van der Waals surface area (Å²) in [5, 5.41) is 11.6. The molecular formula is C17H19ClN2O2. The maximum atomic E-state index is 12.8. The number of amides is 1. The Morgan fingerprint density at radius 2 is 2.05 bits per heavy atom. The number of H-pyrrole nitrogens is 1. The maximum absolute atomic E-state index is 12.8. The van der Waals surface area contributed by atoms with E-state index in [-0.39, 0.29) is 24.1 Å². The second-order valence-electron chi connectivity index (χ2n) is 6.49. The van der Waals surface area contributed by atoms with Gasteiger partial charge in [-0.25, -0.2) is 0 Å². The number of halogens is 1. The zero-order valence-corrected chi connectivity index (χ0v) is 13.0. The number of aliphatic hydroxyl groups is 1. The maximum Gasteiger partial charge on any atom is 0.227 e. The predicted molar refractivity (Wildman–Crippen MR) is 85.9 cm³/mol. The first-order chi connectivity index (χ1) is 10.6. The summed E-state index contributed by atoms with van der Waals surface area (Å²) in [4.78, 5) is 18.0. The molecule has 4 nitrogen and oxygen atoms in total. The van der Waals surface area contributed by atoms with E-state index in [1.165, 1.54) is 0 Å². The second kappa shape index (κ2) is 5.28. The fourth-order valence-corrected chi connectivity index (χ4v) is 4.28. The summed E-state index contributed by atoms with van der Waals surface area (Å²) < 4.78 is 0. The average Bonchev–Trinajstić information content (AvgIpc) is 2.98. The van der Waals surface area contributed by atoms with E-state index in [1.54, 1.807) is 0 Å². The first-order valence-corrected chi connectivity index (χ1v) is 8.24. The summed E-state index contributed by atoms with van der Waals surface area (Å²) in [5.74, 6) is 0.167. The van der Waals surface area contributed by atoms with Crippen molar-refractivity contribution in [3.63, 3.8) is 0 Å². The Kier molecular flexibility index (Phi) is 3.39. The van der Waals surface area contributed by atoms with E-state index >= 15 is 0 Å². The molecular weight excluding hydrogens is 300 g/mol. The smallest absolute Gasteiger partial charge is 0.227 e. The number of carbonyl (C=O) groups excluding carboxylic acids is 1. The number of aromatic amines is 1. The molecule has 2 unspecified atom stereocenters. The summed E-state index contributed by atoms with van der Waals surface area (Å²) in [7, 11) is 0. The van der Waals surface area contributed by atoms with E-state index in [1.807, 2.05) is 29.3 Å². The quantitative estimate of drug-likeness (QED) is 0.894. The van der Waals surface area contributed by atoms with Crippen molar-refractivity contribution in [1.82, 2.24) is 9.88 Å². The summed E-state index contributed by atoms with van der Waals surface area (Å²) in [5.41, 5.74) is 2.00. The molecule has 2 saturated heterocycles. The number of hydrogen-bond donors (Lipinski definition) is 2. The Bertz CT molecular complexity index is 713. The van der Waals surface area contributed by atoms with Crippen LogP contribution in [0, 0.1) is 0 Å². The van der Waals surface area contributed by atoms with Gasteiger partial charge in [-0.15, -0.1) is 0 Å². The molecule has 5 heteroatoms. The van der Waals surface area contributed by atoms with Crippen molar-refractivity contribution in [2.24, 2.45) is 0 Å². The number of piperidine rings is 1. The van der Waals surface area contributed by atoms with Gasteiger partial charge in [0.05, 0.1) is 12.5 Å². The normalized spacial score (nSPS) is 27.5. The van der Waals surface area contributed by atoms with Gasteiger partial charge in [0.1, 0.15) is 0 Å². The topological polar surface area (TPSA) is 56.3 Å². The Hall–Kier alpha value is -1.52. The summed E-state index contributed by atoms with van der Waals surface area (Å²) >= 11 is 6.07. The van der Waals surface area contributed by atoms with Gasteiger partial charge in [-0.1, -0.05) is 11.6 Å². The molecule has 2 aliphatic heterocycles. The number of fused-ring (bicyclic) bond motifs is 3. The first-order valence-electron chi connectivity index (χ1n) is 7.86. The second-order valence-corrected chi connectivity index (χ2v) is 6.93. The van der Waals surface area contributed by atoms with Crippen LogP contribution in [-0.4, -0.2) is 39.1 Å². The monoisotopic (exact) mass is 318 g/mol. The molecule has 0 aliphatic carbocycles. The van der Waals surface area contributed by atoms with Crippen LogP contribution in [0.1, 0.15) is 31.2 Å². The zero-order valence-electron chi connectivity index (χ0n) is 12.3. The summed E-state index contributed by atoms with van der Waals surface area (Å²) in [6, 6.07) is 6.13. The van der Waals surface area contributed by atoms with Gasteiger partial charge in [-0.2, -0.15) is 0 Å². The van der Waals surface area contributed by atoms with Gasteiger partial charge >= 0.3 is 0 Å². The third kappa shape index (κ3) is 2.31. The Morgan fingerprint density at radius 1 is 1.32 bits per heavy atom. The number of nitrogens with one attached hydrogen (secondary N) is 1. The standard InChI is InChI=1S/C17H19ClN2O2/c18-11-1-4-16-15(6-11)10(9-19-16)5-17(22)20-12-2-3-13(20)8-14(21)7-12/h1,4,6,9,12-14,19,21H,2-3,5,7-8H2. The number of carbonyl (C=O) groups is 1. The van der Waals surface area contributed by atoms with Crippen molar-refractivity contribution in [1.29, 1.82) is 0 Å². The van der Waals surface area contributed by atoms with Crippen molar-refractivity contribution >= 4 is 28.4 Å². The van der Waals surface area contributed by atoms with Crippen molar-refractivity contribution < 1.29 is 9.90 Å². The SMILES string of the molecule is O=C(Cc1c[nH]c2ccc(Cl)cc12)N1C2CCC1CC(O)C2. The summed E-state index contributed by atoms with van der Waals surface area (Å²) in [6.45, 7) is 0. The van der Waals surface area contributed by atoms with E-state index in [9.17, 15) is 9.90 Å². The Balaban J connectivity index is 1.58. The lowest BCUT2D eigenvalue weighted by Crippen LogP contribution is -2.48. The molecule has 0 radical (unpaired) electrons. The number of rotatable bonds is 2. The van der Waals surface area contributed by atoms with Gasteiger partial charge in [-0.05, 0) is 49.4 Å². The minimum atomic E-state index is -0.242. The number of aliphatic hydroxyl groups excluding tert-OH is 1. The third-order valence-corrected chi connectivity index (χ3v) is 5.30. The van der Waals surface area contributed by atoms with E-state index in [0.29, 0.717) is 11.4 Å². The zero-order chi connectivity index (χ0) is 15.3. The van der Waals surface area contributed by atoms with Crippen LogP contribution < -0.4 is 0 Å². The summed E-state index contributed by atoms with van der Waals surface area (Å²) in [6.07, 6.45) is 5.54. The van der Waals surface area contributed by atoms with Crippen molar-refractivity contribution in [2.75, 3.05) is 0 Å². The highest BCUT2D eigenvalue weighted by Crippen LogP contribution is 2.36. The van der Waals surface area contributed by atoms with Crippen molar-refractivity contribution in [2.45, 2.75) is 50.3 Å². The lowest BCUT2D eigenvalue weighted by atomic mass is 9.98. The van der Waals surface area contributed by atoms with Gasteiger partial charge in [0.2, 0.25) is 5.91 Å².